The van der Waals surface area contributed by atoms with Crippen molar-refractivity contribution < 1.29 is 4.63 Å². The highest BCUT2D eigenvalue weighted by Crippen LogP contribution is 2.08. The van der Waals surface area contributed by atoms with Gasteiger partial charge in [0.2, 0.25) is 0 Å². The van der Waals surface area contributed by atoms with Gasteiger partial charge in [0, 0.05) is 24.2 Å². The summed E-state index contributed by atoms with van der Waals surface area (Å²) in [5, 5.41) is 13.9. The lowest BCUT2D eigenvalue weighted by Gasteiger charge is -1.98. The van der Waals surface area contributed by atoms with E-state index in [2.05, 4.69) is 25.2 Å². The number of nitrogens with zero attached hydrogens (tertiary/aromatic N) is 3. The van der Waals surface area contributed by atoms with Gasteiger partial charge in [-0.2, -0.15) is 0 Å². The molecule has 0 radical (unpaired) electrons. The summed E-state index contributed by atoms with van der Waals surface area (Å²) in [5.41, 5.74) is 2.75. The first-order chi connectivity index (χ1) is 7.25. The highest BCUT2D eigenvalue weighted by molar-refractivity contribution is 7.09. The topological polar surface area (TPSA) is 63.8 Å². The standard InChI is InChI=1S/C9H12N4OS/c1-6-5-15-9(11-6)4-10-3-8-7(2)12-14-13-8/h5,10H,3-4H2,1-2H3. The van der Waals surface area contributed by atoms with Crippen LogP contribution in [0.3, 0.4) is 0 Å². The van der Waals surface area contributed by atoms with Gasteiger partial charge in [0.25, 0.3) is 0 Å². The molecule has 2 aromatic rings. The maximum Gasteiger partial charge on any atom is 0.121 e. The molecule has 0 unspecified atom stereocenters. The van der Waals surface area contributed by atoms with E-state index < -0.39 is 0 Å². The largest absolute Gasteiger partial charge is 0.305 e. The van der Waals surface area contributed by atoms with Gasteiger partial charge in [-0.1, -0.05) is 10.3 Å². The zero-order chi connectivity index (χ0) is 10.7. The van der Waals surface area contributed by atoms with Gasteiger partial charge in [-0.05, 0) is 13.8 Å². The molecule has 0 aliphatic heterocycles. The second-order valence-corrected chi connectivity index (χ2v) is 4.23. The van der Waals surface area contributed by atoms with Crippen LogP contribution in [0.2, 0.25) is 0 Å². The lowest BCUT2D eigenvalue weighted by Crippen LogP contribution is -2.13. The van der Waals surface area contributed by atoms with E-state index in [4.69, 9.17) is 0 Å². The molecule has 5 nitrogen and oxygen atoms in total. The highest BCUT2D eigenvalue weighted by atomic mass is 32.1. The number of hydrogen-bond donors (Lipinski definition) is 1. The number of thiazole rings is 1. The predicted molar refractivity (Wildman–Crippen MR) is 56.4 cm³/mol. The zero-order valence-corrected chi connectivity index (χ0v) is 9.47. The Bertz CT molecular complexity index is 437. The van der Waals surface area contributed by atoms with Crippen molar-refractivity contribution >= 4 is 11.3 Å². The van der Waals surface area contributed by atoms with Crippen LogP contribution in [0.25, 0.3) is 0 Å². The van der Waals surface area contributed by atoms with Gasteiger partial charge < -0.3 is 5.32 Å². The summed E-state index contributed by atoms with van der Waals surface area (Å²) in [6.45, 7) is 5.28. The summed E-state index contributed by atoms with van der Waals surface area (Å²) < 4.78 is 4.60. The van der Waals surface area contributed by atoms with Crippen LogP contribution < -0.4 is 5.32 Å². The molecule has 0 saturated heterocycles. The number of nitrogens with one attached hydrogen (secondary N) is 1. The first kappa shape index (κ1) is 10.3. The Kier molecular flexibility index (Phi) is 3.08. The van der Waals surface area contributed by atoms with Gasteiger partial charge in [-0.25, -0.2) is 9.61 Å². The molecule has 15 heavy (non-hydrogen) atoms. The Morgan fingerprint density at radius 2 is 2.20 bits per heavy atom. The average molecular weight is 224 g/mol. The van der Waals surface area contributed by atoms with E-state index in [9.17, 15) is 0 Å². The van der Waals surface area contributed by atoms with Crippen LogP contribution in [0, 0.1) is 13.8 Å². The number of aryl methyl sites for hydroxylation is 2. The van der Waals surface area contributed by atoms with Gasteiger partial charge >= 0.3 is 0 Å². The SMILES string of the molecule is Cc1csc(CNCc2nonc2C)n1. The second-order valence-electron chi connectivity index (χ2n) is 3.28. The van der Waals surface area contributed by atoms with Crippen LogP contribution in [-0.4, -0.2) is 15.3 Å². The molecule has 2 aromatic heterocycles. The van der Waals surface area contributed by atoms with Crippen LogP contribution in [0.5, 0.6) is 0 Å². The van der Waals surface area contributed by atoms with Crippen LogP contribution in [-0.2, 0) is 13.1 Å². The van der Waals surface area contributed by atoms with Gasteiger partial charge in [-0.15, -0.1) is 11.3 Å². The molecule has 80 valence electrons. The minimum atomic E-state index is 0.661. The molecule has 0 bridgehead atoms. The van der Waals surface area contributed by atoms with Gasteiger partial charge in [0.1, 0.15) is 16.4 Å². The first-order valence-electron chi connectivity index (χ1n) is 4.65. The Labute approximate surface area is 91.5 Å². The monoisotopic (exact) mass is 224 g/mol. The molecule has 0 aliphatic rings. The lowest BCUT2D eigenvalue weighted by molar-refractivity contribution is 0.300. The molecule has 0 atom stereocenters. The quantitative estimate of drug-likeness (QED) is 0.851. The summed E-state index contributed by atoms with van der Waals surface area (Å²) in [6.07, 6.45) is 0. The van der Waals surface area contributed by atoms with Crippen LogP contribution >= 0.6 is 11.3 Å². The van der Waals surface area contributed by atoms with Crippen molar-refractivity contribution in [2.24, 2.45) is 0 Å². The first-order valence-corrected chi connectivity index (χ1v) is 5.53. The van der Waals surface area contributed by atoms with Crippen molar-refractivity contribution in [1.82, 2.24) is 20.6 Å². The molecular weight excluding hydrogens is 212 g/mol. The molecule has 0 saturated carbocycles. The molecule has 6 heteroatoms. The molecule has 2 heterocycles. The third-order valence-electron chi connectivity index (χ3n) is 1.98. The van der Waals surface area contributed by atoms with Crippen molar-refractivity contribution in [2.45, 2.75) is 26.9 Å². The molecule has 0 fully saturated rings. The summed E-state index contributed by atoms with van der Waals surface area (Å²) in [6, 6.07) is 0. The number of aromatic nitrogens is 3. The summed E-state index contributed by atoms with van der Waals surface area (Å²) in [7, 11) is 0. The minimum Gasteiger partial charge on any atom is -0.305 e. The Balaban J connectivity index is 1.83. The molecule has 0 amide bonds. The smallest absolute Gasteiger partial charge is 0.121 e. The van der Waals surface area contributed by atoms with E-state index in [0.29, 0.717) is 6.54 Å². The van der Waals surface area contributed by atoms with Crippen molar-refractivity contribution in [3.05, 3.63) is 27.5 Å². The van der Waals surface area contributed by atoms with E-state index in [1.54, 1.807) is 11.3 Å². The molecular formula is C9H12N4OS. The van der Waals surface area contributed by atoms with Crippen molar-refractivity contribution in [2.75, 3.05) is 0 Å². The fraction of sp³-hybridized carbons (Fsp3) is 0.444. The van der Waals surface area contributed by atoms with Crippen LogP contribution in [0.1, 0.15) is 22.1 Å². The van der Waals surface area contributed by atoms with Crippen LogP contribution in [0.4, 0.5) is 0 Å². The third-order valence-corrected chi connectivity index (χ3v) is 2.95. The normalized spacial score (nSPS) is 10.8. The fourth-order valence-corrected chi connectivity index (χ4v) is 1.92. The van der Waals surface area contributed by atoms with Crippen molar-refractivity contribution in [1.29, 1.82) is 0 Å². The Morgan fingerprint density at radius 3 is 2.80 bits per heavy atom. The van der Waals surface area contributed by atoms with Crippen molar-refractivity contribution in [3.8, 4) is 0 Å². The van der Waals surface area contributed by atoms with E-state index in [1.165, 1.54) is 0 Å². The second kappa shape index (κ2) is 4.50. The molecule has 2 rings (SSSR count). The molecule has 1 N–H and O–H groups in total. The van der Waals surface area contributed by atoms with E-state index in [-0.39, 0.29) is 0 Å². The summed E-state index contributed by atoms with van der Waals surface area (Å²) in [4.78, 5) is 4.35. The average Bonchev–Trinajstić information content (AvgIpc) is 2.77. The summed E-state index contributed by atoms with van der Waals surface area (Å²) in [5.74, 6) is 0. The maximum absolute atomic E-state index is 4.60. The third kappa shape index (κ3) is 2.60. The number of hydrogen-bond acceptors (Lipinski definition) is 6. The summed E-state index contributed by atoms with van der Waals surface area (Å²) >= 11 is 1.66. The molecule has 0 aliphatic carbocycles. The molecule has 0 aromatic carbocycles. The van der Waals surface area contributed by atoms with Gasteiger partial charge in [-0.3, -0.25) is 0 Å². The zero-order valence-electron chi connectivity index (χ0n) is 8.65. The highest BCUT2D eigenvalue weighted by Gasteiger charge is 2.04. The van der Waals surface area contributed by atoms with Gasteiger partial charge in [0.05, 0.1) is 0 Å². The lowest BCUT2D eigenvalue weighted by atomic mass is 10.3. The van der Waals surface area contributed by atoms with Crippen molar-refractivity contribution in [3.63, 3.8) is 0 Å². The molecule has 0 spiro atoms. The van der Waals surface area contributed by atoms with E-state index in [1.807, 2.05) is 19.2 Å². The predicted octanol–water partition coefficient (Wildman–Crippen LogP) is 1.43. The number of rotatable bonds is 4. The maximum atomic E-state index is 4.60. The minimum absolute atomic E-state index is 0.661. The van der Waals surface area contributed by atoms with E-state index >= 15 is 0 Å². The Morgan fingerprint density at radius 1 is 1.33 bits per heavy atom. The fourth-order valence-electron chi connectivity index (χ4n) is 1.18. The van der Waals surface area contributed by atoms with Gasteiger partial charge in [0.15, 0.2) is 0 Å². The Hall–Kier alpha value is -1.27. The van der Waals surface area contributed by atoms with Crippen LogP contribution in [0.15, 0.2) is 10.0 Å². The van der Waals surface area contributed by atoms with E-state index in [0.717, 1.165) is 28.6 Å².